The average Bonchev–Trinajstić information content (AvgIpc) is 2.99. The van der Waals surface area contributed by atoms with Crippen LogP contribution in [0.15, 0.2) is 66.7 Å². The molecule has 2 amide bonds. The van der Waals surface area contributed by atoms with Crippen molar-refractivity contribution in [3.8, 4) is 17.2 Å². The summed E-state index contributed by atoms with van der Waals surface area (Å²) in [5, 5.41) is 10.4. The Morgan fingerprint density at radius 2 is 1.61 bits per heavy atom. The fraction of sp³-hybridized carbons (Fsp3) is 0.412. The number of nitrogens with zero attached hydrogens (tertiary/aromatic N) is 1. The van der Waals surface area contributed by atoms with Crippen LogP contribution in [0.4, 0.5) is 5.69 Å². The molecule has 7 heteroatoms. The Hall–Kier alpha value is -4.00. The lowest BCUT2D eigenvalue weighted by atomic mass is 9.68. The number of ether oxygens (including phenoxy) is 2. The van der Waals surface area contributed by atoms with Gasteiger partial charge in [-0.05, 0) is 84.2 Å². The normalized spacial score (nSPS) is 15.2. The van der Waals surface area contributed by atoms with Gasteiger partial charge in [-0.3, -0.25) is 14.5 Å². The van der Waals surface area contributed by atoms with Gasteiger partial charge in [-0.2, -0.15) is 0 Å². The first kappa shape index (κ1) is 30.0. The molecule has 218 valence electrons. The van der Waals surface area contributed by atoms with E-state index in [0.29, 0.717) is 23.6 Å². The van der Waals surface area contributed by atoms with E-state index in [1.54, 1.807) is 24.1 Å². The van der Waals surface area contributed by atoms with Crippen molar-refractivity contribution in [2.24, 2.45) is 11.7 Å². The summed E-state index contributed by atoms with van der Waals surface area (Å²) in [5.74, 6) is 0.235. The van der Waals surface area contributed by atoms with Gasteiger partial charge < -0.3 is 20.3 Å². The average molecular weight is 559 g/mol. The molecule has 1 aliphatic rings. The molecule has 0 aromatic heterocycles. The van der Waals surface area contributed by atoms with Crippen molar-refractivity contribution in [1.82, 2.24) is 0 Å². The quantitative estimate of drug-likeness (QED) is 0.281. The van der Waals surface area contributed by atoms with Gasteiger partial charge in [0.25, 0.3) is 0 Å². The van der Waals surface area contributed by atoms with Crippen molar-refractivity contribution < 1.29 is 24.2 Å². The highest BCUT2D eigenvalue weighted by atomic mass is 16.5. The number of carbonyl (C=O) groups is 2. The number of hydrogen-bond donors (Lipinski definition) is 2. The maximum atomic E-state index is 14.5. The third kappa shape index (κ3) is 6.19. The number of rotatable bonds is 11. The lowest BCUT2D eigenvalue weighted by molar-refractivity contribution is -0.131. The molecule has 4 rings (SSSR count). The number of aryl methyl sites for hydroxylation is 1. The second-order valence-corrected chi connectivity index (χ2v) is 11.2. The third-order valence-electron chi connectivity index (χ3n) is 8.40. The summed E-state index contributed by atoms with van der Waals surface area (Å²) in [6, 6.07) is 20.4. The van der Waals surface area contributed by atoms with Gasteiger partial charge in [-0.15, -0.1) is 0 Å². The first-order valence-corrected chi connectivity index (χ1v) is 14.5. The minimum Gasteiger partial charge on any atom is -0.504 e. The SMILES string of the molecule is COc1ccc(CCC(=O)N(c2ccc(C(C)C)cc2)C(C(N)=O)(c2ccc(O)c(OC)c2)C2CCCCC2)cc1. The van der Waals surface area contributed by atoms with Crippen LogP contribution in [0.25, 0.3) is 0 Å². The zero-order valence-electron chi connectivity index (χ0n) is 24.6. The highest BCUT2D eigenvalue weighted by molar-refractivity contribution is 6.04. The molecule has 0 saturated heterocycles. The van der Waals surface area contributed by atoms with Crippen LogP contribution in [-0.2, 0) is 21.5 Å². The smallest absolute Gasteiger partial charge is 0.248 e. The van der Waals surface area contributed by atoms with Crippen molar-refractivity contribution >= 4 is 17.5 Å². The fourth-order valence-corrected chi connectivity index (χ4v) is 6.14. The summed E-state index contributed by atoms with van der Waals surface area (Å²) in [6.07, 6.45) is 5.11. The lowest BCUT2D eigenvalue weighted by Gasteiger charge is -2.48. The highest BCUT2D eigenvalue weighted by Gasteiger charge is 2.53. The van der Waals surface area contributed by atoms with Crippen LogP contribution >= 0.6 is 0 Å². The number of phenolic OH excluding ortho intramolecular Hbond substituents is 1. The molecule has 0 bridgehead atoms. The van der Waals surface area contributed by atoms with Crippen molar-refractivity contribution in [2.75, 3.05) is 19.1 Å². The molecule has 41 heavy (non-hydrogen) atoms. The molecular weight excluding hydrogens is 516 g/mol. The number of hydrogen-bond acceptors (Lipinski definition) is 5. The first-order valence-electron chi connectivity index (χ1n) is 14.5. The molecule has 7 nitrogen and oxygen atoms in total. The van der Waals surface area contributed by atoms with E-state index < -0.39 is 11.4 Å². The van der Waals surface area contributed by atoms with Crippen molar-refractivity contribution in [1.29, 1.82) is 0 Å². The van der Waals surface area contributed by atoms with E-state index >= 15 is 0 Å². The van der Waals surface area contributed by atoms with Gasteiger partial charge in [-0.25, -0.2) is 0 Å². The number of phenols is 1. The molecule has 3 aromatic rings. The molecule has 3 N–H and O–H groups in total. The van der Waals surface area contributed by atoms with E-state index in [0.717, 1.165) is 49.0 Å². The van der Waals surface area contributed by atoms with E-state index in [1.165, 1.54) is 13.2 Å². The van der Waals surface area contributed by atoms with E-state index in [-0.39, 0.29) is 29.7 Å². The predicted octanol–water partition coefficient (Wildman–Crippen LogP) is 6.46. The Kier molecular flexibility index (Phi) is 9.58. The second-order valence-electron chi connectivity index (χ2n) is 11.2. The largest absolute Gasteiger partial charge is 0.504 e. The molecule has 0 heterocycles. The topological polar surface area (TPSA) is 102 Å². The van der Waals surface area contributed by atoms with Crippen LogP contribution in [0.3, 0.4) is 0 Å². The number of benzene rings is 3. The van der Waals surface area contributed by atoms with Gasteiger partial charge in [0, 0.05) is 12.1 Å². The Morgan fingerprint density at radius 3 is 2.17 bits per heavy atom. The third-order valence-corrected chi connectivity index (χ3v) is 8.40. The highest BCUT2D eigenvalue weighted by Crippen LogP contribution is 2.48. The molecule has 1 atom stereocenters. The van der Waals surface area contributed by atoms with Crippen molar-refractivity contribution in [2.45, 2.75) is 70.3 Å². The van der Waals surface area contributed by atoms with Crippen molar-refractivity contribution in [3.63, 3.8) is 0 Å². The van der Waals surface area contributed by atoms with Gasteiger partial charge in [-0.1, -0.05) is 63.4 Å². The molecule has 0 radical (unpaired) electrons. The first-order chi connectivity index (χ1) is 19.7. The minimum absolute atomic E-state index is 0.0445. The summed E-state index contributed by atoms with van der Waals surface area (Å²) in [7, 11) is 3.09. The van der Waals surface area contributed by atoms with Gasteiger partial charge in [0.05, 0.1) is 14.2 Å². The van der Waals surface area contributed by atoms with Gasteiger partial charge >= 0.3 is 0 Å². The van der Waals surface area contributed by atoms with Gasteiger partial charge in [0.15, 0.2) is 17.0 Å². The number of carbonyl (C=O) groups excluding carboxylic acids is 2. The zero-order chi connectivity index (χ0) is 29.6. The molecule has 3 aromatic carbocycles. The summed E-state index contributed by atoms with van der Waals surface area (Å²) in [4.78, 5) is 30.1. The summed E-state index contributed by atoms with van der Waals surface area (Å²) < 4.78 is 10.7. The summed E-state index contributed by atoms with van der Waals surface area (Å²) in [5.41, 5.74) is 8.21. The zero-order valence-corrected chi connectivity index (χ0v) is 24.6. The Morgan fingerprint density at radius 1 is 0.951 bits per heavy atom. The number of methoxy groups -OCH3 is 2. The predicted molar refractivity (Wildman–Crippen MR) is 161 cm³/mol. The molecule has 0 spiro atoms. The summed E-state index contributed by atoms with van der Waals surface area (Å²) in [6.45, 7) is 4.23. The van der Waals surface area contributed by atoms with Crippen LogP contribution < -0.4 is 20.1 Å². The van der Waals surface area contributed by atoms with Gasteiger partial charge in [0.1, 0.15) is 5.75 Å². The maximum Gasteiger partial charge on any atom is 0.248 e. The molecule has 1 aliphatic carbocycles. The fourth-order valence-electron chi connectivity index (χ4n) is 6.14. The molecule has 1 saturated carbocycles. The minimum atomic E-state index is -1.47. The van der Waals surface area contributed by atoms with Crippen LogP contribution in [-0.4, -0.2) is 31.1 Å². The van der Waals surface area contributed by atoms with Crippen LogP contribution in [0.1, 0.15) is 75.0 Å². The molecule has 1 fully saturated rings. The maximum absolute atomic E-state index is 14.5. The Bertz CT molecular complexity index is 1330. The van der Waals surface area contributed by atoms with E-state index in [1.807, 2.05) is 48.5 Å². The van der Waals surface area contributed by atoms with Crippen LogP contribution in [0, 0.1) is 5.92 Å². The number of primary amides is 1. The molecular formula is C34H42N2O5. The van der Waals surface area contributed by atoms with Gasteiger partial charge in [0.2, 0.25) is 11.8 Å². The van der Waals surface area contributed by atoms with E-state index in [4.69, 9.17) is 15.2 Å². The lowest BCUT2D eigenvalue weighted by Crippen LogP contribution is -2.62. The van der Waals surface area contributed by atoms with Crippen LogP contribution in [0.5, 0.6) is 17.2 Å². The second kappa shape index (κ2) is 13.1. The van der Waals surface area contributed by atoms with E-state index in [9.17, 15) is 14.7 Å². The monoisotopic (exact) mass is 558 g/mol. The number of anilines is 1. The summed E-state index contributed by atoms with van der Waals surface area (Å²) >= 11 is 0. The standard InChI is InChI=1S/C34H42N2O5/c1-23(2)25-13-16-28(17-14-25)36(32(38)21-12-24-10-18-29(40-3)19-11-24)34(33(35)39,26-8-6-5-7-9-26)27-15-20-30(37)31(22-27)41-4/h10-11,13-20,22-23,26,37H,5-9,12,21H2,1-4H3,(H2,35,39). The molecule has 0 aliphatic heterocycles. The number of nitrogens with two attached hydrogens (primary N) is 1. The van der Waals surface area contributed by atoms with Crippen molar-refractivity contribution in [3.05, 3.63) is 83.4 Å². The number of amides is 2. The van der Waals surface area contributed by atoms with E-state index in [2.05, 4.69) is 13.8 Å². The number of aromatic hydroxyl groups is 1. The molecule has 1 unspecified atom stereocenters. The van der Waals surface area contributed by atoms with Crippen LogP contribution in [0.2, 0.25) is 0 Å². The Labute approximate surface area is 243 Å². The Balaban J connectivity index is 1.89.